The highest BCUT2D eigenvalue weighted by Crippen LogP contribution is 2.26. The maximum atomic E-state index is 11.9. The molecule has 0 unspecified atom stereocenters. The van der Waals surface area contributed by atoms with Crippen LogP contribution in [-0.4, -0.2) is 22.9 Å². The number of carbonyl (C=O) groups excluding carboxylic acids is 1. The third-order valence-electron chi connectivity index (χ3n) is 3.49. The van der Waals surface area contributed by atoms with Gasteiger partial charge in [-0.1, -0.05) is 29.3 Å². The van der Waals surface area contributed by atoms with Gasteiger partial charge in [0.25, 0.3) is 0 Å². The van der Waals surface area contributed by atoms with Crippen LogP contribution in [0.4, 0.5) is 5.69 Å². The molecule has 5 nitrogen and oxygen atoms in total. The van der Waals surface area contributed by atoms with E-state index in [9.17, 15) is 4.79 Å². The van der Waals surface area contributed by atoms with Crippen molar-refractivity contribution >= 4 is 45.8 Å². The molecule has 0 radical (unpaired) electrons. The van der Waals surface area contributed by atoms with Crippen molar-refractivity contribution in [3.05, 3.63) is 57.7 Å². The third-order valence-corrected chi connectivity index (χ3v) is 4.08. The largest absolute Gasteiger partial charge is 0.464 e. The maximum absolute atomic E-state index is 11.9. The van der Waals surface area contributed by atoms with Crippen molar-refractivity contribution < 1.29 is 9.53 Å². The fourth-order valence-corrected chi connectivity index (χ4v) is 2.84. The number of fused-ring (bicyclic) bond motifs is 1. The van der Waals surface area contributed by atoms with Gasteiger partial charge >= 0.3 is 5.97 Å². The Morgan fingerprint density at radius 2 is 2.04 bits per heavy atom. The molecule has 118 valence electrons. The second-order valence-corrected chi connectivity index (χ2v) is 5.85. The number of esters is 1. The lowest BCUT2D eigenvalue weighted by Crippen LogP contribution is -2.06. The quantitative estimate of drug-likeness (QED) is 0.577. The number of nitrogen functional groups attached to an aromatic ring is 1. The van der Waals surface area contributed by atoms with Crippen LogP contribution in [0.15, 0.2) is 36.4 Å². The van der Waals surface area contributed by atoms with Gasteiger partial charge in [-0.3, -0.25) is 4.68 Å². The number of methoxy groups -OCH3 is 1. The van der Waals surface area contributed by atoms with Gasteiger partial charge < -0.3 is 10.5 Å². The van der Waals surface area contributed by atoms with Crippen LogP contribution >= 0.6 is 23.2 Å². The van der Waals surface area contributed by atoms with Crippen LogP contribution in [0.2, 0.25) is 10.0 Å². The molecule has 0 aliphatic carbocycles. The summed E-state index contributed by atoms with van der Waals surface area (Å²) in [7, 11) is 1.32. The summed E-state index contributed by atoms with van der Waals surface area (Å²) in [5, 5.41) is 6.12. The van der Waals surface area contributed by atoms with Crippen LogP contribution in [0.25, 0.3) is 10.9 Å². The zero-order chi connectivity index (χ0) is 16.6. The lowest BCUT2D eigenvalue weighted by molar-refractivity contribution is 0.0595. The summed E-state index contributed by atoms with van der Waals surface area (Å²) in [6.45, 7) is 0.382. The van der Waals surface area contributed by atoms with Gasteiger partial charge in [0.1, 0.15) is 0 Å². The van der Waals surface area contributed by atoms with Crippen LogP contribution in [0, 0.1) is 0 Å². The number of ether oxygens (including phenoxy) is 1. The summed E-state index contributed by atoms with van der Waals surface area (Å²) in [6, 6.07) is 10.5. The molecule has 3 rings (SSSR count). The van der Waals surface area contributed by atoms with Crippen molar-refractivity contribution in [1.29, 1.82) is 0 Å². The minimum absolute atomic E-state index is 0.243. The Labute approximate surface area is 142 Å². The second kappa shape index (κ2) is 6.10. The molecule has 0 amide bonds. The van der Waals surface area contributed by atoms with Crippen molar-refractivity contribution in [2.75, 3.05) is 12.8 Å². The van der Waals surface area contributed by atoms with Gasteiger partial charge in [0, 0.05) is 21.1 Å². The van der Waals surface area contributed by atoms with E-state index in [-0.39, 0.29) is 5.69 Å². The van der Waals surface area contributed by atoms with Gasteiger partial charge in [-0.05, 0) is 35.9 Å². The van der Waals surface area contributed by atoms with E-state index in [0.29, 0.717) is 27.7 Å². The molecule has 23 heavy (non-hydrogen) atoms. The Morgan fingerprint density at radius 3 is 2.74 bits per heavy atom. The lowest BCUT2D eigenvalue weighted by atomic mass is 10.2. The smallest absolute Gasteiger partial charge is 0.359 e. The molecule has 0 aliphatic heterocycles. The minimum Gasteiger partial charge on any atom is -0.464 e. The molecular weight excluding hydrogens is 337 g/mol. The first-order valence-corrected chi connectivity index (χ1v) is 7.53. The molecule has 0 spiro atoms. The van der Waals surface area contributed by atoms with Gasteiger partial charge in [-0.15, -0.1) is 0 Å². The number of hydrogen-bond acceptors (Lipinski definition) is 4. The Morgan fingerprint density at radius 1 is 1.26 bits per heavy atom. The number of nitrogens with zero attached hydrogens (tertiary/aromatic N) is 2. The van der Waals surface area contributed by atoms with E-state index in [1.54, 1.807) is 35.0 Å². The number of carbonyl (C=O) groups is 1. The molecule has 0 bridgehead atoms. The van der Waals surface area contributed by atoms with E-state index in [0.717, 1.165) is 11.1 Å². The summed E-state index contributed by atoms with van der Waals surface area (Å²) in [5.74, 6) is -0.499. The zero-order valence-electron chi connectivity index (χ0n) is 12.2. The number of anilines is 1. The standard InChI is InChI=1S/C16H13Cl2N3O2/c1-23-16(22)15-12-5-4-11(19)7-14(12)21(20-15)8-9-2-3-10(17)6-13(9)18/h2-7H,8,19H2,1H3. The van der Waals surface area contributed by atoms with Crippen LogP contribution in [0.1, 0.15) is 16.1 Å². The molecular formula is C16H13Cl2N3O2. The van der Waals surface area contributed by atoms with Crippen molar-refractivity contribution in [3.63, 3.8) is 0 Å². The van der Waals surface area contributed by atoms with Gasteiger partial charge in [0.15, 0.2) is 5.69 Å². The van der Waals surface area contributed by atoms with Crippen molar-refractivity contribution in [2.45, 2.75) is 6.54 Å². The lowest BCUT2D eigenvalue weighted by Gasteiger charge is -2.07. The van der Waals surface area contributed by atoms with Crippen LogP contribution < -0.4 is 5.73 Å². The summed E-state index contributed by atoms with van der Waals surface area (Å²) >= 11 is 12.1. The third kappa shape index (κ3) is 2.98. The number of nitrogens with two attached hydrogens (primary N) is 1. The predicted octanol–water partition coefficient (Wildman–Crippen LogP) is 3.76. The van der Waals surface area contributed by atoms with E-state index < -0.39 is 5.97 Å². The molecule has 1 aromatic heterocycles. The number of aromatic nitrogens is 2. The molecule has 7 heteroatoms. The molecule has 0 atom stereocenters. The first kappa shape index (κ1) is 15.6. The van der Waals surface area contributed by atoms with Gasteiger partial charge in [0.05, 0.1) is 19.2 Å². The Balaban J connectivity index is 2.13. The van der Waals surface area contributed by atoms with Crippen molar-refractivity contribution in [3.8, 4) is 0 Å². The predicted molar refractivity (Wildman–Crippen MR) is 91.0 cm³/mol. The summed E-state index contributed by atoms with van der Waals surface area (Å²) in [4.78, 5) is 11.9. The van der Waals surface area contributed by atoms with Gasteiger partial charge in [-0.2, -0.15) is 5.10 Å². The minimum atomic E-state index is -0.499. The zero-order valence-corrected chi connectivity index (χ0v) is 13.7. The van der Waals surface area contributed by atoms with E-state index in [4.69, 9.17) is 33.7 Å². The molecule has 2 aromatic carbocycles. The molecule has 0 saturated carbocycles. The monoisotopic (exact) mass is 349 g/mol. The maximum Gasteiger partial charge on any atom is 0.359 e. The van der Waals surface area contributed by atoms with Gasteiger partial charge in [-0.25, -0.2) is 4.79 Å². The highest BCUT2D eigenvalue weighted by Gasteiger charge is 2.18. The molecule has 2 N–H and O–H groups in total. The van der Waals surface area contributed by atoms with E-state index in [2.05, 4.69) is 5.10 Å². The van der Waals surface area contributed by atoms with Crippen LogP contribution in [0.3, 0.4) is 0 Å². The average molecular weight is 350 g/mol. The molecule has 1 heterocycles. The fraction of sp³-hybridized carbons (Fsp3) is 0.125. The van der Waals surface area contributed by atoms with Crippen LogP contribution in [-0.2, 0) is 11.3 Å². The topological polar surface area (TPSA) is 70.1 Å². The van der Waals surface area contributed by atoms with E-state index in [1.807, 2.05) is 6.07 Å². The normalized spacial score (nSPS) is 10.9. The number of hydrogen-bond donors (Lipinski definition) is 1. The number of halogens is 2. The van der Waals surface area contributed by atoms with Crippen molar-refractivity contribution in [1.82, 2.24) is 9.78 Å². The fourth-order valence-electron chi connectivity index (χ4n) is 2.37. The Bertz CT molecular complexity index is 906. The first-order chi connectivity index (χ1) is 11.0. The SMILES string of the molecule is COC(=O)c1nn(Cc2ccc(Cl)cc2Cl)c2cc(N)ccc12. The van der Waals surface area contributed by atoms with Crippen molar-refractivity contribution in [2.24, 2.45) is 0 Å². The highest BCUT2D eigenvalue weighted by atomic mass is 35.5. The highest BCUT2D eigenvalue weighted by molar-refractivity contribution is 6.35. The van der Waals surface area contributed by atoms with Crippen LogP contribution in [0.5, 0.6) is 0 Å². The molecule has 3 aromatic rings. The summed E-state index contributed by atoms with van der Waals surface area (Å²) < 4.78 is 6.46. The van der Waals surface area contributed by atoms with E-state index >= 15 is 0 Å². The average Bonchev–Trinajstić information content (AvgIpc) is 2.87. The number of benzene rings is 2. The van der Waals surface area contributed by atoms with Gasteiger partial charge in [0.2, 0.25) is 0 Å². The first-order valence-electron chi connectivity index (χ1n) is 6.78. The Kier molecular flexibility index (Phi) is 4.15. The Hall–Kier alpha value is -2.24. The molecule has 0 fully saturated rings. The second-order valence-electron chi connectivity index (χ2n) is 5.01. The number of rotatable bonds is 3. The van der Waals surface area contributed by atoms with E-state index in [1.165, 1.54) is 7.11 Å². The molecule has 0 aliphatic rings. The summed E-state index contributed by atoms with van der Waals surface area (Å²) in [5.41, 5.74) is 8.24. The summed E-state index contributed by atoms with van der Waals surface area (Å²) in [6.07, 6.45) is 0. The molecule has 0 saturated heterocycles.